The Morgan fingerprint density at radius 2 is 2.00 bits per heavy atom. The number of carbonyl (C=O) groups excluding carboxylic acids is 1. The summed E-state index contributed by atoms with van der Waals surface area (Å²) in [5.41, 5.74) is -0.905. The van der Waals surface area contributed by atoms with Crippen LogP contribution in [0.3, 0.4) is 0 Å². The number of benzene rings is 1. The fraction of sp³-hybridized carbons (Fsp3) is 0.619. The summed E-state index contributed by atoms with van der Waals surface area (Å²) in [4.78, 5) is 14.5. The molecule has 5 nitrogen and oxygen atoms in total. The zero-order valence-corrected chi connectivity index (χ0v) is 16.2. The van der Waals surface area contributed by atoms with E-state index in [0.717, 1.165) is 19.3 Å². The molecular weight excluding hydrogens is 347 g/mol. The maximum atomic E-state index is 14.3. The topological polar surface area (TPSA) is 73.6 Å². The fourth-order valence-electron chi connectivity index (χ4n) is 4.34. The van der Waals surface area contributed by atoms with Gasteiger partial charge in [0.2, 0.25) is 0 Å². The Hall–Kier alpha value is -2.13. The van der Waals surface area contributed by atoms with E-state index >= 15 is 0 Å². The van der Waals surface area contributed by atoms with E-state index in [-0.39, 0.29) is 24.6 Å². The van der Waals surface area contributed by atoms with Crippen LogP contribution in [0.1, 0.15) is 64.0 Å². The van der Waals surface area contributed by atoms with Gasteiger partial charge >= 0.3 is 6.09 Å². The highest BCUT2D eigenvalue weighted by Crippen LogP contribution is 2.45. The molecule has 1 amide bonds. The highest BCUT2D eigenvalue weighted by molar-refractivity contribution is 5.69. The number of hydrogen-bond donors (Lipinski definition) is 1. The fourth-order valence-corrected chi connectivity index (χ4v) is 4.34. The largest absolute Gasteiger partial charge is 0.444 e. The second kappa shape index (κ2) is 7.12. The summed E-state index contributed by atoms with van der Waals surface area (Å²) in [6.07, 6.45) is 2.98. The van der Waals surface area contributed by atoms with Gasteiger partial charge in [0, 0.05) is 30.5 Å². The average molecular weight is 374 g/mol. The number of ether oxygens (including phenoxy) is 1. The van der Waals surface area contributed by atoms with Crippen LogP contribution in [0.2, 0.25) is 0 Å². The van der Waals surface area contributed by atoms with Crippen molar-refractivity contribution in [2.75, 3.05) is 0 Å². The van der Waals surface area contributed by atoms with Crippen LogP contribution in [0.15, 0.2) is 18.2 Å². The first-order valence-electron chi connectivity index (χ1n) is 9.52. The molecule has 146 valence electrons. The molecule has 1 aromatic rings. The van der Waals surface area contributed by atoms with Gasteiger partial charge in [0.1, 0.15) is 11.4 Å². The van der Waals surface area contributed by atoms with Crippen molar-refractivity contribution in [2.24, 2.45) is 0 Å². The predicted octanol–water partition coefficient (Wildman–Crippen LogP) is 4.03. The molecular formula is C21H27FN2O3. The normalized spacial score (nSPS) is 27.8. The van der Waals surface area contributed by atoms with E-state index in [0.29, 0.717) is 24.0 Å². The molecule has 0 spiro atoms. The maximum Gasteiger partial charge on any atom is 0.410 e. The number of rotatable bonds is 2. The number of carbonyl (C=O) groups is 1. The first-order chi connectivity index (χ1) is 12.6. The van der Waals surface area contributed by atoms with Gasteiger partial charge in [-0.05, 0) is 51.7 Å². The molecule has 0 aromatic heterocycles. The first-order valence-corrected chi connectivity index (χ1v) is 9.52. The van der Waals surface area contributed by atoms with Crippen LogP contribution in [0.4, 0.5) is 9.18 Å². The minimum absolute atomic E-state index is 0.00220. The van der Waals surface area contributed by atoms with Crippen molar-refractivity contribution >= 4 is 6.09 Å². The molecule has 1 N–H and O–H groups in total. The van der Waals surface area contributed by atoms with Crippen LogP contribution < -0.4 is 0 Å². The molecule has 2 bridgehead atoms. The Kier molecular flexibility index (Phi) is 5.18. The summed E-state index contributed by atoms with van der Waals surface area (Å²) in [6.45, 7) is 5.52. The molecule has 3 rings (SSSR count). The van der Waals surface area contributed by atoms with E-state index in [9.17, 15) is 14.3 Å². The van der Waals surface area contributed by atoms with Crippen LogP contribution in [-0.4, -0.2) is 33.8 Å². The van der Waals surface area contributed by atoms with E-state index in [1.807, 2.05) is 26.8 Å². The molecule has 0 radical (unpaired) electrons. The van der Waals surface area contributed by atoms with Gasteiger partial charge in [0.25, 0.3) is 0 Å². The molecule has 1 aromatic carbocycles. The van der Waals surface area contributed by atoms with E-state index in [2.05, 4.69) is 0 Å². The van der Waals surface area contributed by atoms with Crippen molar-refractivity contribution in [2.45, 2.75) is 82.6 Å². The number of halogens is 1. The zero-order chi connectivity index (χ0) is 19.8. The average Bonchev–Trinajstić information content (AvgIpc) is 2.54. The van der Waals surface area contributed by atoms with Crippen molar-refractivity contribution in [1.82, 2.24) is 4.90 Å². The molecule has 2 aliphatic heterocycles. The van der Waals surface area contributed by atoms with Gasteiger partial charge in [-0.3, -0.25) is 0 Å². The number of aliphatic hydroxyl groups is 1. The lowest BCUT2D eigenvalue weighted by atomic mass is 9.72. The van der Waals surface area contributed by atoms with Crippen LogP contribution in [0.5, 0.6) is 0 Å². The van der Waals surface area contributed by atoms with Gasteiger partial charge in [-0.1, -0.05) is 12.1 Å². The van der Waals surface area contributed by atoms with Crippen molar-refractivity contribution in [3.63, 3.8) is 0 Å². The summed E-state index contributed by atoms with van der Waals surface area (Å²) in [5.74, 6) is -0.470. The number of nitrogens with zero attached hydrogens (tertiary/aromatic N) is 2. The Labute approximate surface area is 159 Å². The predicted molar refractivity (Wildman–Crippen MR) is 98.3 cm³/mol. The van der Waals surface area contributed by atoms with Crippen LogP contribution in [-0.2, 0) is 16.8 Å². The van der Waals surface area contributed by atoms with Gasteiger partial charge in [0.15, 0.2) is 0 Å². The highest BCUT2D eigenvalue weighted by atomic mass is 19.1. The van der Waals surface area contributed by atoms with Gasteiger partial charge in [-0.25, -0.2) is 9.18 Å². The maximum absolute atomic E-state index is 14.3. The molecule has 0 saturated carbocycles. The van der Waals surface area contributed by atoms with Gasteiger partial charge in [-0.2, -0.15) is 5.26 Å². The lowest BCUT2D eigenvalue weighted by Gasteiger charge is -2.51. The Balaban J connectivity index is 1.84. The lowest BCUT2D eigenvalue weighted by Crippen LogP contribution is -2.59. The van der Waals surface area contributed by atoms with Gasteiger partial charge in [0.05, 0.1) is 18.1 Å². The van der Waals surface area contributed by atoms with E-state index < -0.39 is 17.0 Å². The molecule has 2 fully saturated rings. The Morgan fingerprint density at radius 3 is 2.52 bits per heavy atom. The quantitative estimate of drug-likeness (QED) is 0.848. The van der Waals surface area contributed by atoms with Crippen molar-refractivity contribution in [1.29, 1.82) is 5.26 Å². The second-order valence-electron chi connectivity index (χ2n) is 8.71. The van der Waals surface area contributed by atoms with Crippen LogP contribution in [0, 0.1) is 17.1 Å². The summed E-state index contributed by atoms with van der Waals surface area (Å²) in [5, 5.41) is 20.1. The summed E-state index contributed by atoms with van der Waals surface area (Å²) < 4.78 is 19.9. The third-order valence-electron chi connectivity index (χ3n) is 5.47. The molecule has 2 aliphatic rings. The smallest absolute Gasteiger partial charge is 0.410 e. The zero-order valence-electron chi connectivity index (χ0n) is 16.2. The van der Waals surface area contributed by atoms with Crippen molar-refractivity contribution < 1.29 is 19.0 Å². The lowest BCUT2D eigenvalue weighted by molar-refractivity contribution is -0.0966. The molecule has 6 heteroatoms. The Bertz CT molecular complexity index is 752. The SMILES string of the molecule is CC(C)(C)OC(=O)N1C2CCCC1CC(O)(c1ccc(CC#N)c(F)c1)C2. The number of fused-ring (bicyclic) bond motifs is 2. The van der Waals surface area contributed by atoms with Crippen molar-refractivity contribution in [3.05, 3.63) is 35.1 Å². The monoisotopic (exact) mass is 374 g/mol. The van der Waals surface area contributed by atoms with Gasteiger partial charge in [-0.15, -0.1) is 0 Å². The molecule has 0 aliphatic carbocycles. The summed E-state index contributed by atoms with van der Waals surface area (Å²) in [7, 11) is 0. The molecule has 2 heterocycles. The molecule has 27 heavy (non-hydrogen) atoms. The Morgan fingerprint density at radius 1 is 1.37 bits per heavy atom. The molecule has 2 saturated heterocycles. The van der Waals surface area contributed by atoms with Crippen molar-refractivity contribution in [3.8, 4) is 6.07 Å². The minimum Gasteiger partial charge on any atom is -0.444 e. The number of amides is 1. The second-order valence-corrected chi connectivity index (χ2v) is 8.71. The summed E-state index contributed by atoms with van der Waals surface area (Å²) in [6, 6.07) is 6.30. The standard InChI is InChI=1S/C21H27FN2O3/c1-20(2,3)27-19(25)24-16-5-4-6-17(24)13-21(26,12-16)15-8-7-14(9-10-23)18(22)11-15/h7-8,11,16-17,26H,4-6,9,12-13H2,1-3H3. The first kappa shape index (κ1) is 19.6. The van der Waals surface area contributed by atoms with E-state index in [1.54, 1.807) is 17.0 Å². The van der Waals surface area contributed by atoms with E-state index in [1.165, 1.54) is 6.07 Å². The summed E-state index contributed by atoms with van der Waals surface area (Å²) >= 11 is 0. The van der Waals surface area contributed by atoms with Crippen LogP contribution >= 0.6 is 0 Å². The molecule has 2 unspecified atom stereocenters. The van der Waals surface area contributed by atoms with Crippen LogP contribution in [0.25, 0.3) is 0 Å². The number of piperidine rings is 2. The van der Waals surface area contributed by atoms with Gasteiger partial charge < -0.3 is 14.7 Å². The number of nitriles is 1. The highest BCUT2D eigenvalue weighted by Gasteiger charge is 2.49. The third kappa shape index (κ3) is 4.08. The molecule has 2 atom stereocenters. The number of hydrogen-bond acceptors (Lipinski definition) is 4. The van der Waals surface area contributed by atoms with E-state index in [4.69, 9.17) is 10.00 Å². The minimum atomic E-state index is -1.18. The third-order valence-corrected chi connectivity index (χ3v) is 5.47.